The predicted molar refractivity (Wildman–Crippen MR) is 84.3 cm³/mol. The molecule has 3 rings (SSSR count). The first-order chi connectivity index (χ1) is 9.27. The molecule has 0 radical (unpaired) electrons. The van der Waals surface area contributed by atoms with E-state index in [9.17, 15) is 0 Å². The maximum absolute atomic E-state index is 2.36. The Hall–Kier alpha value is -1.67. The molecule has 96 valence electrons. The number of anilines is 1. The van der Waals surface area contributed by atoms with E-state index in [4.69, 9.17) is 0 Å². The first kappa shape index (κ1) is 12.4. The van der Waals surface area contributed by atoms with Crippen LogP contribution >= 0.6 is 11.8 Å². The van der Waals surface area contributed by atoms with Gasteiger partial charge in [-0.2, -0.15) is 0 Å². The summed E-state index contributed by atoms with van der Waals surface area (Å²) >= 11 is 1.87. The third-order valence-electron chi connectivity index (χ3n) is 3.53. The van der Waals surface area contributed by atoms with Gasteiger partial charge in [0.2, 0.25) is 0 Å². The van der Waals surface area contributed by atoms with Gasteiger partial charge in [0.15, 0.2) is 0 Å². The molecule has 0 bridgehead atoms. The Bertz CT molecular complexity index is 618. The van der Waals surface area contributed by atoms with Crippen LogP contribution in [0.1, 0.15) is 22.1 Å². The van der Waals surface area contributed by atoms with Crippen LogP contribution in [0.3, 0.4) is 0 Å². The van der Waals surface area contributed by atoms with E-state index in [0.717, 1.165) is 0 Å². The van der Waals surface area contributed by atoms with Crippen molar-refractivity contribution in [3.63, 3.8) is 0 Å². The van der Waals surface area contributed by atoms with Crippen LogP contribution < -0.4 is 4.90 Å². The normalized spacial score (nSPS) is 18.0. The van der Waals surface area contributed by atoms with Crippen molar-refractivity contribution in [2.75, 3.05) is 4.90 Å². The number of para-hydroxylation sites is 1. The molecule has 19 heavy (non-hydrogen) atoms. The molecule has 1 heterocycles. The summed E-state index contributed by atoms with van der Waals surface area (Å²) in [6, 6.07) is 17.2. The second kappa shape index (κ2) is 5.14. The van der Waals surface area contributed by atoms with Crippen LogP contribution in [0.25, 0.3) is 0 Å². The Kier molecular flexibility index (Phi) is 3.34. The lowest BCUT2D eigenvalue weighted by atomic mass is 10.1. The van der Waals surface area contributed by atoms with Crippen LogP contribution in [0.2, 0.25) is 0 Å². The zero-order chi connectivity index (χ0) is 13.2. The molecule has 1 aliphatic heterocycles. The van der Waals surface area contributed by atoms with Crippen LogP contribution in [-0.4, -0.2) is 0 Å². The van der Waals surface area contributed by atoms with Crippen molar-refractivity contribution in [2.45, 2.75) is 19.2 Å². The lowest BCUT2D eigenvalue weighted by Crippen LogP contribution is -2.18. The molecule has 0 aromatic heterocycles. The van der Waals surface area contributed by atoms with Crippen LogP contribution in [0, 0.1) is 13.8 Å². The van der Waals surface area contributed by atoms with E-state index in [1.165, 1.54) is 22.4 Å². The second-order valence-electron chi connectivity index (χ2n) is 4.82. The highest BCUT2D eigenvalue weighted by molar-refractivity contribution is 8.02. The molecule has 1 aliphatic rings. The van der Waals surface area contributed by atoms with Crippen LogP contribution in [0.5, 0.6) is 0 Å². The summed E-state index contributed by atoms with van der Waals surface area (Å²) in [4.78, 5) is 2.36. The van der Waals surface area contributed by atoms with Crippen molar-refractivity contribution in [1.82, 2.24) is 0 Å². The maximum atomic E-state index is 2.36. The highest BCUT2D eigenvalue weighted by atomic mass is 32.2. The van der Waals surface area contributed by atoms with E-state index in [1.54, 1.807) is 0 Å². The summed E-state index contributed by atoms with van der Waals surface area (Å²) in [6.07, 6.45) is 2.18. The van der Waals surface area contributed by atoms with Gasteiger partial charge in [0, 0.05) is 11.9 Å². The number of nitrogens with zero attached hydrogens (tertiary/aromatic N) is 1. The van der Waals surface area contributed by atoms with Crippen molar-refractivity contribution in [3.05, 3.63) is 76.8 Å². The Morgan fingerprint density at radius 1 is 0.895 bits per heavy atom. The third-order valence-corrected chi connectivity index (χ3v) is 4.55. The fourth-order valence-electron chi connectivity index (χ4n) is 2.47. The molecule has 0 fully saturated rings. The van der Waals surface area contributed by atoms with Gasteiger partial charge in [-0.25, -0.2) is 0 Å². The van der Waals surface area contributed by atoms with Crippen molar-refractivity contribution >= 4 is 17.4 Å². The second-order valence-corrected chi connectivity index (χ2v) is 5.81. The molecule has 2 aromatic carbocycles. The van der Waals surface area contributed by atoms with E-state index in [1.807, 2.05) is 11.8 Å². The number of benzene rings is 2. The van der Waals surface area contributed by atoms with Gasteiger partial charge in [-0.3, -0.25) is 0 Å². The summed E-state index contributed by atoms with van der Waals surface area (Å²) in [5.41, 5.74) is 5.34. The van der Waals surface area contributed by atoms with Gasteiger partial charge >= 0.3 is 0 Å². The van der Waals surface area contributed by atoms with Gasteiger partial charge in [-0.15, -0.1) is 11.8 Å². The summed E-state index contributed by atoms with van der Waals surface area (Å²) in [5, 5.41) is 2.53. The molecular formula is C17H17NS. The average Bonchev–Trinajstić information content (AvgIpc) is 2.89. The molecule has 2 aromatic rings. The molecule has 0 saturated heterocycles. The minimum Gasteiger partial charge on any atom is -0.330 e. The zero-order valence-electron chi connectivity index (χ0n) is 11.2. The maximum Gasteiger partial charge on any atom is 0.109 e. The highest BCUT2D eigenvalue weighted by Crippen LogP contribution is 2.43. The average molecular weight is 267 g/mol. The Labute approximate surface area is 119 Å². The SMILES string of the molecule is Cc1ccccc1C1SC=CN1c1ccccc1C. The lowest BCUT2D eigenvalue weighted by Gasteiger charge is -2.27. The standard InChI is InChI=1S/C17H17NS/c1-13-7-3-5-9-15(13)17-18(11-12-19-17)16-10-6-4-8-14(16)2/h3-12,17H,1-2H3. The summed E-state index contributed by atoms with van der Waals surface area (Å²) in [7, 11) is 0. The fourth-order valence-corrected chi connectivity index (χ4v) is 3.54. The first-order valence-electron chi connectivity index (χ1n) is 6.49. The molecule has 0 aliphatic carbocycles. The molecule has 2 heteroatoms. The van der Waals surface area contributed by atoms with E-state index < -0.39 is 0 Å². The van der Waals surface area contributed by atoms with Gasteiger partial charge in [-0.1, -0.05) is 42.5 Å². The minimum absolute atomic E-state index is 0.349. The zero-order valence-corrected chi connectivity index (χ0v) is 12.0. The highest BCUT2D eigenvalue weighted by Gasteiger charge is 2.25. The lowest BCUT2D eigenvalue weighted by molar-refractivity contribution is 0.941. The monoisotopic (exact) mass is 267 g/mol. The van der Waals surface area contributed by atoms with Crippen molar-refractivity contribution in [2.24, 2.45) is 0 Å². The fraction of sp³-hybridized carbons (Fsp3) is 0.176. The quantitative estimate of drug-likeness (QED) is 0.751. The Morgan fingerprint density at radius 3 is 2.32 bits per heavy atom. The summed E-state index contributed by atoms with van der Waals surface area (Å²) < 4.78 is 0. The smallest absolute Gasteiger partial charge is 0.109 e. The molecule has 0 spiro atoms. The van der Waals surface area contributed by atoms with Crippen molar-refractivity contribution < 1.29 is 0 Å². The summed E-state index contributed by atoms with van der Waals surface area (Å²) in [6.45, 7) is 4.35. The topological polar surface area (TPSA) is 3.24 Å². The molecule has 1 nitrogen and oxygen atoms in total. The molecule has 0 N–H and O–H groups in total. The van der Waals surface area contributed by atoms with E-state index in [0.29, 0.717) is 5.37 Å². The van der Waals surface area contributed by atoms with Gasteiger partial charge in [0.25, 0.3) is 0 Å². The van der Waals surface area contributed by atoms with Crippen LogP contribution in [0.4, 0.5) is 5.69 Å². The van der Waals surface area contributed by atoms with E-state index in [2.05, 4.69) is 78.9 Å². The molecular weight excluding hydrogens is 250 g/mol. The Morgan fingerprint density at radius 2 is 1.58 bits per heavy atom. The first-order valence-corrected chi connectivity index (χ1v) is 7.43. The van der Waals surface area contributed by atoms with Crippen LogP contribution in [-0.2, 0) is 0 Å². The van der Waals surface area contributed by atoms with Crippen molar-refractivity contribution in [1.29, 1.82) is 0 Å². The van der Waals surface area contributed by atoms with Gasteiger partial charge < -0.3 is 4.90 Å². The summed E-state index contributed by atoms with van der Waals surface area (Å²) in [5.74, 6) is 0. The van der Waals surface area contributed by atoms with Crippen LogP contribution in [0.15, 0.2) is 60.1 Å². The molecule has 1 atom stereocenters. The van der Waals surface area contributed by atoms with Gasteiger partial charge in [0.05, 0.1) is 0 Å². The largest absolute Gasteiger partial charge is 0.330 e. The number of aryl methyl sites for hydroxylation is 2. The number of hydrogen-bond donors (Lipinski definition) is 0. The number of rotatable bonds is 2. The molecule has 1 unspecified atom stereocenters. The molecule has 0 amide bonds. The number of thioether (sulfide) groups is 1. The Balaban J connectivity index is 2.01. The van der Waals surface area contributed by atoms with E-state index in [-0.39, 0.29) is 0 Å². The molecule has 0 saturated carbocycles. The van der Waals surface area contributed by atoms with E-state index >= 15 is 0 Å². The minimum atomic E-state index is 0.349. The van der Waals surface area contributed by atoms with Crippen molar-refractivity contribution in [3.8, 4) is 0 Å². The van der Waals surface area contributed by atoms with Gasteiger partial charge in [-0.05, 0) is 42.0 Å². The predicted octanol–water partition coefficient (Wildman–Crippen LogP) is 5.03. The third kappa shape index (κ3) is 2.28. The van der Waals surface area contributed by atoms with Gasteiger partial charge in [0.1, 0.15) is 5.37 Å². The number of hydrogen-bond acceptors (Lipinski definition) is 2.